The third-order valence-electron chi connectivity index (χ3n) is 2.54. The van der Waals surface area contributed by atoms with Crippen LogP contribution in [-0.4, -0.2) is 9.97 Å². The van der Waals surface area contributed by atoms with Gasteiger partial charge in [-0.3, -0.25) is 5.43 Å². The molecule has 0 aliphatic rings. The van der Waals surface area contributed by atoms with E-state index in [0.717, 1.165) is 17.2 Å². The number of aryl methyl sites for hydroxylation is 2. The highest BCUT2D eigenvalue weighted by Gasteiger charge is 2.34. The number of benzene rings is 1. The summed E-state index contributed by atoms with van der Waals surface area (Å²) in [6.45, 7) is 3.71. The number of ether oxygens (including phenoxy) is 1. The number of nitrogens with one attached hydrogen (secondary N) is 1. The van der Waals surface area contributed by atoms with E-state index >= 15 is 0 Å². The van der Waals surface area contributed by atoms with E-state index in [4.69, 9.17) is 10.6 Å². The van der Waals surface area contributed by atoms with Crippen LogP contribution in [0.1, 0.15) is 16.8 Å². The Hall–Kier alpha value is -2.35. The molecular weight excluding hydrogens is 285 g/mol. The number of aromatic nitrogens is 2. The Labute approximate surface area is 118 Å². The fraction of sp³-hybridized carbons (Fsp3) is 0.231. The van der Waals surface area contributed by atoms with Gasteiger partial charge in [0.1, 0.15) is 5.75 Å². The number of hydrogen-bond acceptors (Lipinski definition) is 5. The lowest BCUT2D eigenvalue weighted by Crippen LogP contribution is -2.15. The zero-order valence-electron chi connectivity index (χ0n) is 11.3. The number of nitrogens with two attached hydrogens (primary N) is 1. The van der Waals surface area contributed by atoms with Crippen LogP contribution in [0.4, 0.5) is 19.1 Å². The fourth-order valence-electron chi connectivity index (χ4n) is 1.80. The standard InChI is InChI=1S/C13H13F3N4O/c1-7-3-8(2)5-9(4-7)21-11-6-10(13(14,15)16)18-12(19-11)20-17/h3-6H,17H2,1-2H3,(H,18,19,20). The summed E-state index contributed by atoms with van der Waals surface area (Å²) in [6, 6.07) is 6.02. The van der Waals surface area contributed by atoms with Gasteiger partial charge in [-0.15, -0.1) is 0 Å². The van der Waals surface area contributed by atoms with E-state index in [1.807, 2.05) is 25.3 Å². The van der Waals surface area contributed by atoms with Crippen LogP contribution in [-0.2, 0) is 6.18 Å². The summed E-state index contributed by atoms with van der Waals surface area (Å²) >= 11 is 0. The molecule has 0 aliphatic heterocycles. The first kappa shape index (κ1) is 15.0. The van der Waals surface area contributed by atoms with Crippen molar-refractivity contribution in [3.05, 3.63) is 41.1 Å². The molecule has 0 atom stereocenters. The Balaban J connectivity index is 2.39. The van der Waals surface area contributed by atoms with Gasteiger partial charge in [0.25, 0.3) is 0 Å². The van der Waals surface area contributed by atoms with Crippen LogP contribution in [0, 0.1) is 13.8 Å². The lowest BCUT2D eigenvalue weighted by atomic mass is 10.1. The van der Waals surface area contributed by atoms with E-state index < -0.39 is 11.9 Å². The maximum absolute atomic E-state index is 12.7. The molecule has 1 aromatic carbocycles. The van der Waals surface area contributed by atoms with E-state index in [2.05, 4.69) is 9.97 Å². The van der Waals surface area contributed by atoms with Crippen LogP contribution in [0.25, 0.3) is 0 Å². The average molecular weight is 298 g/mol. The van der Waals surface area contributed by atoms with Crippen molar-refractivity contribution in [2.45, 2.75) is 20.0 Å². The second kappa shape index (κ2) is 5.57. The molecule has 3 N–H and O–H groups in total. The summed E-state index contributed by atoms with van der Waals surface area (Å²) < 4.78 is 43.6. The maximum Gasteiger partial charge on any atom is 0.433 e. The van der Waals surface area contributed by atoms with Crippen molar-refractivity contribution in [3.8, 4) is 11.6 Å². The predicted molar refractivity (Wildman–Crippen MR) is 70.8 cm³/mol. The summed E-state index contributed by atoms with van der Waals surface area (Å²) in [6.07, 6.45) is -4.62. The van der Waals surface area contributed by atoms with E-state index in [9.17, 15) is 13.2 Å². The molecule has 2 aromatic rings. The molecule has 1 heterocycles. The van der Waals surface area contributed by atoms with E-state index in [1.54, 1.807) is 12.1 Å². The van der Waals surface area contributed by atoms with Gasteiger partial charge < -0.3 is 4.74 Å². The molecule has 112 valence electrons. The van der Waals surface area contributed by atoms with Crippen LogP contribution >= 0.6 is 0 Å². The maximum atomic E-state index is 12.7. The number of alkyl halides is 3. The molecule has 5 nitrogen and oxygen atoms in total. The van der Waals surface area contributed by atoms with Gasteiger partial charge in [0.15, 0.2) is 5.69 Å². The summed E-state index contributed by atoms with van der Waals surface area (Å²) in [5.41, 5.74) is 2.70. The molecule has 0 unspecified atom stereocenters. The molecule has 0 aliphatic carbocycles. The predicted octanol–water partition coefficient (Wildman–Crippen LogP) is 3.19. The Bertz CT molecular complexity index is 638. The normalized spacial score (nSPS) is 11.3. The Morgan fingerprint density at radius 3 is 2.19 bits per heavy atom. The topological polar surface area (TPSA) is 73.1 Å². The lowest BCUT2D eigenvalue weighted by Gasteiger charge is -2.11. The van der Waals surface area contributed by atoms with Gasteiger partial charge in [-0.1, -0.05) is 6.07 Å². The first-order chi connectivity index (χ1) is 9.77. The van der Waals surface area contributed by atoms with Crippen LogP contribution in [0.3, 0.4) is 0 Å². The Kier molecular flexibility index (Phi) is 3.99. The minimum atomic E-state index is -4.62. The molecule has 2 rings (SSSR count). The highest BCUT2D eigenvalue weighted by Crippen LogP contribution is 2.31. The first-order valence-corrected chi connectivity index (χ1v) is 5.97. The van der Waals surface area contributed by atoms with Crippen LogP contribution in [0.15, 0.2) is 24.3 Å². The minimum absolute atomic E-state index is 0.240. The third kappa shape index (κ3) is 3.82. The summed E-state index contributed by atoms with van der Waals surface area (Å²) in [5, 5.41) is 0. The molecule has 0 amide bonds. The van der Waals surface area contributed by atoms with Crippen LogP contribution in [0.5, 0.6) is 11.6 Å². The number of nitrogen functional groups attached to an aromatic ring is 1. The van der Waals surface area contributed by atoms with Crippen molar-refractivity contribution in [3.63, 3.8) is 0 Å². The molecular formula is C13H13F3N4O. The SMILES string of the molecule is Cc1cc(C)cc(Oc2cc(C(F)(F)F)nc(NN)n2)c1. The zero-order chi connectivity index (χ0) is 15.6. The lowest BCUT2D eigenvalue weighted by molar-refractivity contribution is -0.141. The Morgan fingerprint density at radius 1 is 1.05 bits per heavy atom. The van der Waals surface area contributed by atoms with Gasteiger partial charge in [0.2, 0.25) is 11.8 Å². The highest BCUT2D eigenvalue weighted by atomic mass is 19.4. The van der Waals surface area contributed by atoms with Crippen molar-refractivity contribution in [1.82, 2.24) is 9.97 Å². The van der Waals surface area contributed by atoms with E-state index in [-0.39, 0.29) is 11.8 Å². The molecule has 0 fully saturated rings. The van der Waals surface area contributed by atoms with Crippen molar-refractivity contribution >= 4 is 5.95 Å². The summed E-state index contributed by atoms with van der Waals surface area (Å²) in [4.78, 5) is 7.00. The van der Waals surface area contributed by atoms with Crippen LogP contribution in [0.2, 0.25) is 0 Å². The zero-order valence-corrected chi connectivity index (χ0v) is 11.3. The van der Waals surface area contributed by atoms with Gasteiger partial charge >= 0.3 is 6.18 Å². The van der Waals surface area contributed by atoms with Crippen molar-refractivity contribution in [2.75, 3.05) is 5.43 Å². The van der Waals surface area contributed by atoms with E-state index in [0.29, 0.717) is 5.75 Å². The second-order valence-electron chi connectivity index (χ2n) is 4.48. The quantitative estimate of drug-likeness (QED) is 0.672. The fourth-order valence-corrected chi connectivity index (χ4v) is 1.80. The number of halogens is 3. The van der Waals surface area contributed by atoms with Gasteiger partial charge in [0, 0.05) is 6.07 Å². The molecule has 0 saturated heterocycles. The molecule has 0 bridgehead atoms. The first-order valence-electron chi connectivity index (χ1n) is 5.97. The molecule has 21 heavy (non-hydrogen) atoms. The molecule has 1 aromatic heterocycles. The van der Waals surface area contributed by atoms with Gasteiger partial charge in [-0.05, 0) is 37.1 Å². The molecule has 8 heteroatoms. The van der Waals surface area contributed by atoms with Crippen molar-refractivity contribution in [2.24, 2.45) is 5.84 Å². The van der Waals surface area contributed by atoms with Gasteiger partial charge in [-0.2, -0.15) is 18.2 Å². The molecule has 0 saturated carbocycles. The molecule has 0 spiro atoms. The minimum Gasteiger partial charge on any atom is -0.439 e. The molecule has 0 radical (unpaired) electrons. The average Bonchev–Trinajstić information content (AvgIpc) is 2.36. The number of hydrazine groups is 1. The smallest absolute Gasteiger partial charge is 0.433 e. The van der Waals surface area contributed by atoms with Crippen molar-refractivity contribution < 1.29 is 17.9 Å². The highest BCUT2D eigenvalue weighted by molar-refractivity contribution is 5.37. The number of anilines is 1. The van der Waals surface area contributed by atoms with Gasteiger partial charge in [-0.25, -0.2) is 10.8 Å². The Morgan fingerprint density at radius 2 is 1.67 bits per heavy atom. The summed E-state index contributed by atoms with van der Waals surface area (Å²) in [5.74, 6) is 4.85. The third-order valence-corrected chi connectivity index (χ3v) is 2.54. The number of hydrogen-bond donors (Lipinski definition) is 2. The van der Waals surface area contributed by atoms with Crippen LogP contribution < -0.4 is 16.0 Å². The largest absolute Gasteiger partial charge is 0.439 e. The van der Waals surface area contributed by atoms with E-state index in [1.165, 1.54) is 0 Å². The number of rotatable bonds is 3. The van der Waals surface area contributed by atoms with Crippen molar-refractivity contribution in [1.29, 1.82) is 0 Å². The van der Waals surface area contributed by atoms with Gasteiger partial charge in [0.05, 0.1) is 0 Å². The second-order valence-corrected chi connectivity index (χ2v) is 4.48. The monoisotopic (exact) mass is 298 g/mol. The summed E-state index contributed by atoms with van der Waals surface area (Å²) in [7, 11) is 0. The number of nitrogens with zero attached hydrogens (tertiary/aromatic N) is 2.